The van der Waals surface area contributed by atoms with Gasteiger partial charge in [-0.1, -0.05) is 6.92 Å². The van der Waals surface area contributed by atoms with Crippen LogP contribution in [-0.4, -0.2) is 61.2 Å². The molecule has 2 aliphatic rings. The summed E-state index contributed by atoms with van der Waals surface area (Å²) in [6.45, 7) is 8.92. The number of hydrogen-bond acceptors (Lipinski definition) is 5. The van der Waals surface area contributed by atoms with Gasteiger partial charge in [-0.2, -0.15) is 0 Å². The summed E-state index contributed by atoms with van der Waals surface area (Å²) in [7, 11) is 2.18. The van der Waals surface area contributed by atoms with E-state index in [0.29, 0.717) is 0 Å². The zero-order chi connectivity index (χ0) is 13.9. The van der Waals surface area contributed by atoms with E-state index in [4.69, 9.17) is 0 Å². The van der Waals surface area contributed by atoms with E-state index in [-0.39, 0.29) is 0 Å². The molecule has 0 saturated carbocycles. The Labute approximate surface area is 121 Å². The van der Waals surface area contributed by atoms with Crippen LogP contribution in [0.4, 0.5) is 11.6 Å². The van der Waals surface area contributed by atoms with Crippen LogP contribution in [0.1, 0.15) is 19.8 Å². The third kappa shape index (κ3) is 3.03. The second-order valence-electron chi connectivity index (χ2n) is 6.22. The summed E-state index contributed by atoms with van der Waals surface area (Å²) in [5.74, 6) is 2.95. The van der Waals surface area contributed by atoms with Crippen LogP contribution < -0.4 is 9.80 Å². The summed E-state index contributed by atoms with van der Waals surface area (Å²) >= 11 is 0. The van der Waals surface area contributed by atoms with Crippen molar-refractivity contribution in [2.75, 3.05) is 56.1 Å². The van der Waals surface area contributed by atoms with E-state index in [1.807, 2.05) is 0 Å². The highest BCUT2D eigenvalue weighted by molar-refractivity contribution is 5.50. The van der Waals surface area contributed by atoms with Gasteiger partial charge in [0.25, 0.3) is 0 Å². The molecule has 3 heterocycles. The largest absolute Gasteiger partial charge is 0.356 e. The second kappa shape index (κ2) is 5.95. The van der Waals surface area contributed by atoms with Crippen LogP contribution in [-0.2, 0) is 0 Å². The van der Waals surface area contributed by atoms with Gasteiger partial charge >= 0.3 is 0 Å². The van der Waals surface area contributed by atoms with Gasteiger partial charge in [0.1, 0.15) is 18.0 Å². The van der Waals surface area contributed by atoms with Gasteiger partial charge in [-0.15, -0.1) is 0 Å². The van der Waals surface area contributed by atoms with E-state index < -0.39 is 0 Å². The lowest BCUT2D eigenvalue weighted by atomic mass is 10.0. The predicted molar refractivity (Wildman–Crippen MR) is 82.4 cm³/mol. The van der Waals surface area contributed by atoms with Crippen LogP contribution in [0.15, 0.2) is 12.4 Å². The molecule has 2 aliphatic heterocycles. The number of hydrogen-bond donors (Lipinski definition) is 0. The first kappa shape index (κ1) is 13.6. The molecule has 0 aliphatic carbocycles. The SMILES string of the molecule is CC1CCCN(c2cc(N3CCN(C)CC3)ncn2)C1. The van der Waals surface area contributed by atoms with Crippen molar-refractivity contribution in [2.24, 2.45) is 5.92 Å². The first-order valence-electron chi connectivity index (χ1n) is 7.73. The average molecular weight is 275 g/mol. The molecule has 20 heavy (non-hydrogen) atoms. The quantitative estimate of drug-likeness (QED) is 0.816. The standard InChI is InChI=1S/C15H25N5/c1-13-4-3-5-20(11-13)15-10-14(16-12-17-15)19-8-6-18(2)7-9-19/h10,12-13H,3-9,11H2,1-2H3. The topological polar surface area (TPSA) is 35.5 Å². The van der Waals surface area contributed by atoms with Crippen LogP contribution in [0.25, 0.3) is 0 Å². The van der Waals surface area contributed by atoms with Gasteiger partial charge in [0.15, 0.2) is 0 Å². The minimum Gasteiger partial charge on any atom is -0.356 e. The Kier molecular flexibility index (Phi) is 4.05. The van der Waals surface area contributed by atoms with Gasteiger partial charge in [0, 0.05) is 45.3 Å². The summed E-state index contributed by atoms with van der Waals surface area (Å²) in [5, 5.41) is 0. The molecule has 0 amide bonds. The number of piperidine rings is 1. The van der Waals surface area contributed by atoms with Gasteiger partial charge in [0.2, 0.25) is 0 Å². The number of likely N-dealkylation sites (N-methyl/N-ethyl adjacent to an activating group) is 1. The molecule has 0 radical (unpaired) electrons. The molecule has 1 unspecified atom stereocenters. The molecule has 2 saturated heterocycles. The van der Waals surface area contributed by atoms with Crippen LogP contribution >= 0.6 is 0 Å². The molecule has 0 spiro atoms. The van der Waals surface area contributed by atoms with Crippen molar-refractivity contribution >= 4 is 11.6 Å². The molecule has 1 atom stereocenters. The lowest BCUT2D eigenvalue weighted by Gasteiger charge is -2.35. The zero-order valence-corrected chi connectivity index (χ0v) is 12.6. The number of anilines is 2. The lowest BCUT2D eigenvalue weighted by Crippen LogP contribution is -2.45. The van der Waals surface area contributed by atoms with E-state index in [9.17, 15) is 0 Å². The monoisotopic (exact) mass is 275 g/mol. The Morgan fingerprint density at radius 1 is 1.00 bits per heavy atom. The zero-order valence-electron chi connectivity index (χ0n) is 12.6. The minimum absolute atomic E-state index is 0.769. The van der Waals surface area contributed by atoms with Crippen molar-refractivity contribution in [3.05, 3.63) is 12.4 Å². The Balaban J connectivity index is 1.72. The van der Waals surface area contributed by atoms with Crippen molar-refractivity contribution < 1.29 is 0 Å². The summed E-state index contributed by atoms with van der Waals surface area (Å²) in [6, 6.07) is 2.17. The molecule has 5 nitrogen and oxygen atoms in total. The Morgan fingerprint density at radius 3 is 2.40 bits per heavy atom. The number of nitrogens with zero attached hydrogens (tertiary/aromatic N) is 5. The van der Waals surface area contributed by atoms with E-state index in [0.717, 1.165) is 56.8 Å². The molecule has 1 aromatic rings. The molecule has 110 valence electrons. The molecule has 1 aromatic heterocycles. The van der Waals surface area contributed by atoms with Crippen LogP contribution in [0.2, 0.25) is 0 Å². The molecule has 0 N–H and O–H groups in total. The van der Waals surface area contributed by atoms with Gasteiger partial charge in [0.05, 0.1) is 0 Å². The second-order valence-corrected chi connectivity index (χ2v) is 6.22. The third-order valence-electron chi connectivity index (χ3n) is 4.45. The Hall–Kier alpha value is -1.36. The maximum absolute atomic E-state index is 4.49. The predicted octanol–water partition coefficient (Wildman–Crippen LogP) is 1.46. The highest BCUT2D eigenvalue weighted by Crippen LogP contribution is 2.23. The highest BCUT2D eigenvalue weighted by Gasteiger charge is 2.20. The fourth-order valence-electron chi connectivity index (χ4n) is 3.12. The van der Waals surface area contributed by atoms with E-state index in [1.54, 1.807) is 6.33 Å². The van der Waals surface area contributed by atoms with Crippen molar-refractivity contribution in [2.45, 2.75) is 19.8 Å². The van der Waals surface area contributed by atoms with Crippen molar-refractivity contribution in [1.82, 2.24) is 14.9 Å². The van der Waals surface area contributed by atoms with Crippen LogP contribution in [0.5, 0.6) is 0 Å². The summed E-state index contributed by atoms with van der Waals surface area (Å²) < 4.78 is 0. The molecule has 0 bridgehead atoms. The Bertz CT molecular complexity index is 442. The number of piperazine rings is 1. The first-order valence-corrected chi connectivity index (χ1v) is 7.73. The summed E-state index contributed by atoms with van der Waals surface area (Å²) in [4.78, 5) is 16.1. The van der Waals surface area contributed by atoms with Gasteiger partial charge < -0.3 is 14.7 Å². The van der Waals surface area contributed by atoms with Gasteiger partial charge in [-0.3, -0.25) is 0 Å². The van der Waals surface area contributed by atoms with Crippen molar-refractivity contribution in [1.29, 1.82) is 0 Å². The summed E-state index contributed by atoms with van der Waals surface area (Å²) in [5.41, 5.74) is 0. The molecular weight excluding hydrogens is 250 g/mol. The molecular formula is C15H25N5. The minimum atomic E-state index is 0.769. The van der Waals surface area contributed by atoms with Gasteiger partial charge in [-0.05, 0) is 25.8 Å². The van der Waals surface area contributed by atoms with Crippen LogP contribution in [0, 0.1) is 5.92 Å². The molecule has 5 heteroatoms. The fraction of sp³-hybridized carbons (Fsp3) is 0.733. The molecule has 3 rings (SSSR count). The van der Waals surface area contributed by atoms with E-state index >= 15 is 0 Å². The third-order valence-corrected chi connectivity index (χ3v) is 4.45. The normalized spacial score (nSPS) is 25.0. The summed E-state index contributed by atoms with van der Waals surface area (Å²) in [6.07, 6.45) is 4.34. The molecule has 2 fully saturated rings. The molecule has 0 aromatic carbocycles. The maximum atomic E-state index is 4.49. The number of aromatic nitrogens is 2. The van der Waals surface area contributed by atoms with Crippen LogP contribution in [0.3, 0.4) is 0 Å². The first-order chi connectivity index (χ1) is 9.72. The number of rotatable bonds is 2. The highest BCUT2D eigenvalue weighted by atomic mass is 15.3. The Morgan fingerprint density at radius 2 is 1.70 bits per heavy atom. The van der Waals surface area contributed by atoms with E-state index in [2.05, 4.69) is 44.7 Å². The van der Waals surface area contributed by atoms with Gasteiger partial charge in [-0.25, -0.2) is 9.97 Å². The fourth-order valence-corrected chi connectivity index (χ4v) is 3.12. The van der Waals surface area contributed by atoms with Crippen molar-refractivity contribution in [3.8, 4) is 0 Å². The lowest BCUT2D eigenvalue weighted by molar-refractivity contribution is 0.312. The van der Waals surface area contributed by atoms with Crippen molar-refractivity contribution in [3.63, 3.8) is 0 Å². The van der Waals surface area contributed by atoms with E-state index in [1.165, 1.54) is 12.8 Å². The maximum Gasteiger partial charge on any atom is 0.134 e. The average Bonchev–Trinajstić information content (AvgIpc) is 2.48. The smallest absolute Gasteiger partial charge is 0.134 e.